The van der Waals surface area contributed by atoms with Gasteiger partial charge >= 0.3 is 0 Å². The molecule has 1 aromatic heterocycles. The molecule has 0 saturated carbocycles. The van der Waals surface area contributed by atoms with Gasteiger partial charge in [-0.2, -0.15) is 0 Å². The number of hydrogen-bond acceptors (Lipinski definition) is 1. The van der Waals surface area contributed by atoms with E-state index in [0.717, 1.165) is 10.8 Å². The van der Waals surface area contributed by atoms with Crippen LogP contribution < -0.4 is 0 Å². The SMILES string of the molecule is Clc1ccc2coc(Cl)c2c1. The van der Waals surface area contributed by atoms with Crippen molar-refractivity contribution in [3.05, 3.63) is 34.7 Å². The first kappa shape index (κ1) is 7.01. The number of benzene rings is 1. The lowest BCUT2D eigenvalue weighted by atomic mass is 10.2. The second kappa shape index (κ2) is 2.43. The monoisotopic (exact) mass is 186 g/mol. The highest BCUT2D eigenvalue weighted by Crippen LogP contribution is 2.27. The summed E-state index contributed by atoms with van der Waals surface area (Å²) in [5.41, 5.74) is 0. The Balaban J connectivity index is 2.87. The normalized spacial score (nSPS) is 10.7. The van der Waals surface area contributed by atoms with Crippen LogP contribution in [0.25, 0.3) is 10.8 Å². The quantitative estimate of drug-likeness (QED) is 0.612. The van der Waals surface area contributed by atoms with Gasteiger partial charge in [0.15, 0.2) is 0 Å². The first-order valence-electron chi connectivity index (χ1n) is 3.09. The molecule has 0 aliphatic heterocycles. The maximum absolute atomic E-state index is 5.75. The molecule has 2 aromatic rings. The van der Waals surface area contributed by atoms with Gasteiger partial charge in [0.2, 0.25) is 5.22 Å². The Morgan fingerprint density at radius 2 is 2.00 bits per heavy atom. The van der Waals surface area contributed by atoms with Gasteiger partial charge in [0.1, 0.15) is 6.26 Å². The van der Waals surface area contributed by atoms with E-state index >= 15 is 0 Å². The highest BCUT2D eigenvalue weighted by atomic mass is 35.5. The Hall–Kier alpha value is -0.660. The van der Waals surface area contributed by atoms with Crippen molar-refractivity contribution in [1.82, 2.24) is 0 Å². The molecule has 3 heteroatoms. The third kappa shape index (κ3) is 1.10. The molecule has 0 saturated heterocycles. The summed E-state index contributed by atoms with van der Waals surface area (Å²) in [5.74, 6) is 0. The van der Waals surface area contributed by atoms with Crippen LogP contribution in [0.15, 0.2) is 28.9 Å². The summed E-state index contributed by atoms with van der Waals surface area (Å²) in [5, 5.41) is 2.89. The number of halogens is 2. The third-order valence-corrected chi connectivity index (χ3v) is 2.04. The van der Waals surface area contributed by atoms with Gasteiger partial charge < -0.3 is 4.42 Å². The van der Waals surface area contributed by atoms with Gasteiger partial charge in [-0.3, -0.25) is 0 Å². The molecule has 0 unspecified atom stereocenters. The summed E-state index contributed by atoms with van der Waals surface area (Å²) in [7, 11) is 0. The molecule has 0 amide bonds. The molecule has 1 nitrogen and oxygen atoms in total. The van der Waals surface area contributed by atoms with E-state index in [1.165, 1.54) is 0 Å². The van der Waals surface area contributed by atoms with Crippen LogP contribution in [0.4, 0.5) is 0 Å². The molecular formula is C8H4Cl2O. The molecule has 0 N–H and O–H groups in total. The Bertz CT molecular complexity index is 392. The summed E-state index contributed by atoms with van der Waals surface area (Å²) < 4.78 is 4.98. The van der Waals surface area contributed by atoms with Gasteiger partial charge in [0.05, 0.1) is 0 Å². The van der Waals surface area contributed by atoms with Crippen LogP contribution in [0.2, 0.25) is 10.2 Å². The van der Waals surface area contributed by atoms with E-state index in [4.69, 9.17) is 27.6 Å². The van der Waals surface area contributed by atoms with Crippen LogP contribution in [-0.2, 0) is 0 Å². The Morgan fingerprint density at radius 3 is 2.82 bits per heavy atom. The van der Waals surface area contributed by atoms with E-state index in [0.29, 0.717) is 10.2 Å². The van der Waals surface area contributed by atoms with Gasteiger partial charge in [-0.05, 0) is 29.8 Å². The molecule has 0 spiro atoms. The molecule has 0 aliphatic carbocycles. The second-order valence-corrected chi connectivity index (χ2v) is 3.02. The van der Waals surface area contributed by atoms with Crippen LogP contribution in [0, 0.1) is 0 Å². The van der Waals surface area contributed by atoms with Gasteiger partial charge in [-0.25, -0.2) is 0 Å². The van der Waals surface area contributed by atoms with Crippen molar-refractivity contribution in [2.24, 2.45) is 0 Å². The van der Waals surface area contributed by atoms with Gasteiger partial charge in [-0.1, -0.05) is 11.6 Å². The van der Waals surface area contributed by atoms with Gasteiger partial charge in [-0.15, -0.1) is 0 Å². The van der Waals surface area contributed by atoms with Gasteiger partial charge in [0, 0.05) is 15.8 Å². The fourth-order valence-electron chi connectivity index (χ4n) is 0.980. The van der Waals surface area contributed by atoms with Crippen molar-refractivity contribution in [2.45, 2.75) is 0 Å². The first-order chi connectivity index (χ1) is 5.27. The highest BCUT2D eigenvalue weighted by Gasteiger charge is 2.02. The number of furan rings is 1. The zero-order valence-electron chi connectivity index (χ0n) is 5.47. The lowest BCUT2D eigenvalue weighted by molar-refractivity contribution is 0.574. The molecule has 0 bridgehead atoms. The zero-order valence-corrected chi connectivity index (χ0v) is 6.99. The Morgan fingerprint density at radius 1 is 1.18 bits per heavy atom. The minimum atomic E-state index is 0.391. The van der Waals surface area contributed by atoms with Crippen molar-refractivity contribution in [3.8, 4) is 0 Å². The maximum atomic E-state index is 5.75. The van der Waals surface area contributed by atoms with Crippen LogP contribution in [-0.4, -0.2) is 0 Å². The van der Waals surface area contributed by atoms with E-state index in [2.05, 4.69) is 0 Å². The number of fused-ring (bicyclic) bond motifs is 1. The summed E-state index contributed by atoms with van der Waals surface area (Å²) in [6.45, 7) is 0. The minimum absolute atomic E-state index is 0.391. The third-order valence-electron chi connectivity index (χ3n) is 1.52. The van der Waals surface area contributed by atoms with Crippen molar-refractivity contribution in [3.63, 3.8) is 0 Å². The second-order valence-electron chi connectivity index (χ2n) is 2.24. The van der Waals surface area contributed by atoms with Crippen molar-refractivity contribution >= 4 is 34.0 Å². The van der Waals surface area contributed by atoms with Crippen LogP contribution in [0.3, 0.4) is 0 Å². The van der Waals surface area contributed by atoms with E-state index in [-0.39, 0.29) is 0 Å². The standard InChI is InChI=1S/C8H4Cl2O/c9-6-2-1-5-4-11-8(10)7(5)3-6/h1-4H. The topological polar surface area (TPSA) is 13.1 Å². The number of rotatable bonds is 0. The van der Waals surface area contributed by atoms with Crippen molar-refractivity contribution < 1.29 is 4.42 Å². The van der Waals surface area contributed by atoms with E-state index in [1.54, 1.807) is 18.4 Å². The minimum Gasteiger partial charge on any atom is -0.452 e. The van der Waals surface area contributed by atoms with Crippen LogP contribution in [0.1, 0.15) is 0 Å². The van der Waals surface area contributed by atoms with Gasteiger partial charge in [0.25, 0.3) is 0 Å². The molecule has 1 heterocycles. The first-order valence-corrected chi connectivity index (χ1v) is 3.85. The lowest BCUT2D eigenvalue weighted by Crippen LogP contribution is -1.64. The molecule has 0 radical (unpaired) electrons. The van der Waals surface area contributed by atoms with Crippen molar-refractivity contribution in [2.75, 3.05) is 0 Å². The highest BCUT2D eigenvalue weighted by molar-refractivity contribution is 6.35. The van der Waals surface area contributed by atoms with Crippen LogP contribution in [0.5, 0.6) is 0 Å². The molecule has 56 valence electrons. The Labute approximate surface area is 73.5 Å². The molecule has 2 rings (SSSR count). The smallest absolute Gasteiger partial charge is 0.200 e. The largest absolute Gasteiger partial charge is 0.452 e. The molecule has 0 atom stereocenters. The molecular weight excluding hydrogens is 183 g/mol. The maximum Gasteiger partial charge on any atom is 0.200 e. The zero-order chi connectivity index (χ0) is 7.84. The fourth-order valence-corrected chi connectivity index (χ4v) is 1.36. The fraction of sp³-hybridized carbons (Fsp3) is 0. The van der Waals surface area contributed by atoms with E-state index in [1.807, 2.05) is 6.07 Å². The Kier molecular flexibility index (Phi) is 1.55. The average molecular weight is 187 g/mol. The summed E-state index contributed by atoms with van der Waals surface area (Å²) >= 11 is 11.5. The van der Waals surface area contributed by atoms with E-state index in [9.17, 15) is 0 Å². The van der Waals surface area contributed by atoms with Crippen molar-refractivity contribution in [1.29, 1.82) is 0 Å². The summed E-state index contributed by atoms with van der Waals surface area (Å²) in [6.07, 6.45) is 1.61. The summed E-state index contributed by atoms with van der Waals surface area (Å²) in [4.78, 5) is 0. The average Bonchev–Trinajstić information content (AvgIpc) is 2.33. The summed E-state index contributed by atoms with van der Waals surface area (Å²) in [6, 6.07) is 5.45. The molecule has 0 aliphatic rings. The lowest BCUT2D eigenvalue weighted by Gasteiger charge is -1.88. The molecule has 0 fully saturated rings. The molecule has 11 heavy (non-hydrogen) atoms. The molecule has 1 aromatic carbocycles. The number of hydrogen-bond donors (Lipinski definition) is 0. The predicted octanol–water partition coefficient (Wildman–Crippen LogP) is 3.74. The van der Waals surface area contributed by atoms with E-state index < -0.39 is 0 Å². The predicted molar refractivity (Wildman–Crippen MR) is 46.2 cm³/mol. The van der Waals surface area contributed by atoms with Crippen LogP contribution >= 0.6 is 23.2 Å².